The Hall–Kier alpha value is -2.50. The third kappa shape index (κ3) is 3.22. The minimum atomic E-state index is -0.523. The Morgan fingerprint density at radius 2 is 1.83 bits per heavy atom. The van der Waals surface area contributed by atoms with Crippen LogP contribution in [0.25, 0.3) is 0 Å². The van der Waals surface area contributed by atoms with Crippen LogP contribution in [0.5, 0.6) is 5.75 Å². The first kappa shape index (κ1) is 16.4. The van der Waals surface area contributed by atoms with Crippen molar-refractivity contribution in [3.8, 4) is 5.75 Å². The molecule has 3 rings (SSSR count). The van der Waals surface area contributed by atoms with Gasteiger partial charge in [-0.2, -0.15) is 0 Å². The van der Waals surface area contributed by atoms with E-state index in [1.165, 1.54) is 7.11 Å². The summed E-state index contributed by atoms with van der Waals surface area (Å²) in [5, 5.41) is 2.83. The standard InChI is InChI=1S/C18H21NO5/c1-22-14-7-3-11(4-8-14)10-24-18(21)19-16-13-6-5-12(9-13)15(16)17(20)23-2/h3-8,12-13,15-16H,9-10H2,1-2H3,(H,19,21)/t12-,13+,15-,16+/m0/s1. The Morgan fingerprint density at radius 3 is 2.50 bits per heavy atom. The number of allylic oxidation sites excluding steroid dienone is 1. The van der Waals surface area contributed by atoms with E-state index in [0.717, 1.165) is 17.7 Å². The molecule has 1 fully saturated rings. The van der Waals surface area contributed by atoms with Crippen molar-refractivity contribution in [3.63, 3.8) is 0 Å². The van der Waals surface area contributed by atoms with Gasteiger partial charge in [-0.05, 0) is 36.0 Å². The van der Waals surface area contributed by atoms with Crippen LogP contribution in [0, 0.1) is 17.8 Å². The highest BCUT2D eigenvalue weighted by Gasteiger charge is 2.49. The fourth-order valence-electron chi connectivity index (χ4n) is 3.52. The molecule has 1 aromatic carbocycles. The van der Waals surface area contributed by atoms with Crippen LogP contribution in [0.1, 0.15) is 12.0 Å². The van der Waals surface area contributed by atoms with Crippen molar-refractivity contribution in [2.45, 2.75) is 19.1 Å². The Labute approximate surface area is 140 Å². The molecular formula is C18H21NO5. The normalized spacial score (nSPS) is 26.9. The highest BCUT2D eigenvalue weighted by Crippen LogP contribution is 2.44. The maximum absolute atomic E-state index is 12.1. The molecule has 0 radical (unpaired) electrons. The summed E-state index contributed by atoms with van der Waals surface area (Å²) in [7, 11) is 2.97. The van der Waals surface area contributed by atoms with Gasteiger partial charge in [0.25, 0.3) is 0 Å². The van der Waals surface area contributed by atoms with E-state index in [2.05, 4.69) is 11.4 Å². The van der Waals surface area contributed by atoms with Crippen LogP contribution in [0.2, 0.25) is 0 Å². The molecule has 0 aromatic heterocycles. The highest BCUT2D eigenvalue weighted by atomic mass is 16.5. The average Bonchev–Trinajstić information content (AvgIpc) is 3.21. The van der Waals surface area contributed by atoms with Gasteiger partial charge in [-0.1, -0.05) is 24.3 Å². The molecule has 2 aliphatic carbocycles. The van der Waals surface area contributed by atoms with E-state index < -0.39 is 6.09 Å². The van der Waals surface area contributed by atoms with Gasteiger partial charge in [0, 0.05) is 0 Å². The Balaban J connectivity index is 1.56. The lowest BCUT2D eigenvalue weighted by Crippen LogP contribution is -2.46. The van der Waals surface area contributed by atoms with Crippen molar-refractivity contribution in [2.75, 3.05) is 14.2 Å². The molecule has 1 saturated carbocycles. The van der Waals surface area contributed by atoms with Crippen molar-refractivity contribution in [1.29, 1.82) is 0 Å². The van der Waals surface area contributed by atoms with Gasteiger partial charge < -0.3 is 19.5 Å². The zero-order valence-electron chi connectivity index (χ0n) is 13.7. The number of fused-ring (bicyclic) bond motifs is 2. The molecule has 6 heteroatoms. The molecule has 24 heavy (non-hydrogen) atoms. The minimum absolute atomic E-state index is 0.134. The predicted octanol–water partition coefficient (Wildman–Crippen LogP) is 2.29. The number of hydrogen-bond donors (Lipinski definition) is 1. The summed E-state index contributed by atoms with van der Waals surface area (Å²) in [6, 6.07) is 7.03. The van der Waals surface area contributed by atoms with E-state index in [1.807, 2.05) is 30.3 Å². The van der Waals surface area contributed by atoms with Crippen LogP contribution < -0.4 is 10.1 Å². The molecular weight excluding hydrogens is 310 g/mol. The predicted molar refractivity (Wildman–Crippen MR) is 86.3 cm³/mol. The summed E-state index contributed by atoms with van der Waals surface area (Å²) in [6.45, 7) is 0.162. The Morgan fingerprint density at radius 1 is 1.12 bits per heavy atom. The first-order valence-corrected chi connectivity index (χ1v) is 7.94. The molecule has 0 spiro atoms. The Kier molecular flexibility index (Phi) is 4.74. The molecule has 2 bridgehead atoms. The van der Waals surface area contributed by atoms with Crippen LogP contribution >= 0.6 is 0 Å². The lowest BCUT2D eigenvalue weighted by atomic mass is 9.89. The summed E-state index contributed by atoms with van der Waals surface area (Å²) in [4.78, 5) is 24.1. The number of esters is 1. The number of ether oxygens (including phenoxy) is 3. The third-order valence-corrected chi connectivity index (χ3v) is 4.75. The first-order chi connectivity index (χ1) is 11.6. The van der Waals surface area contributed by atoms with Crippen LogP contribution in [-0.2, 0) is 20.9 Å². The van der Waals surface area contributed by atoms with E-state index in [4.69, 9.17) is 14.2 Å². The monoisotopic (exact) mass is 331 g/mol. The molecule has 4 atom stereocenters. The van der Waals surface area contributed by atoms with Gasteiger partial charge in [-0.15, -0.1) is 0 Å². The van der Waals surface area contributed by atoms with Gasteiger partial charge in [0.1, 0.15) is 12.4 Å². The number of benzene rings is 1. The molecule has 1 amide bonds. The number of carbonyl (C=O) groups is 2. The van der Waals surface area contributed by atoms with Crippen LogP contribution in [0.4, 0.5) is 4.79 Å². The topological polar surface area (TPSA) is 73.9 Å². The average molecular weight is 331 g/mol. The largest absolute Gasteiger partial charge is 0.497 e. The van der Waals surface area contributed by atoms with Gasteiger partial charge in [-0.25, -0.2) is 4.79 Å². The number of rotatable bonds is 5. The third-order valence-electron chi connectivity index (χ3n) is 4.75. The molecule has 0 heterocycles. The second kappa shape index (κ2) is 6.95. The van der Waals surface area contributed by atoms with E-state index in [0.29, 0.717) is 0 Å². The zero-order valence-corrected chi connectivity index (χ0v) is 13.7. The van der Waals surface area contributed by atoms with Crippen molar-refractivity contribution < 1.29 is 23.8 Å². The quantitative estimate of drug-likeness (QED) is 0.662. The van der Waals surface area contributed by atoms with E-state index in [-0.39, 0.29) is 36.4 Å². The molecule has 0 unspecified atom stereocenters. The number of alkyl carbamates (subject to hydrolysis) is 1. The van der Waals surface area contributed by atoms with Crippen LogP contribution in [0.3, 0.4) is 0 Å². The van der Waals surface area contributed by atoms with Gasteiger partial charge in [-0.3, -0.25) is 4.79 Å². The van der Waals surface area contributed by atoms with Gasteiger partial charge >= 0.3 is 12.1 Å². The van der Waals surface area contributed by atoms with Gasteiger partial charge in [0.05, 0.1) is 26.2 Å². The molecule has 6 nitrogen and oxygen atoms in total. The smallest absolute Gasteiger partial charge is 0.407 e. The van der Waals surface area contributed by atoms with Crippen molar-refractivity contribution in [1.82, 2.24) is 5.32 Å². The molecule has 1 N–H and O–H groups in total. The first-order valence-electron chi connectivity index (χ1n) is 7.94. The molecule has 128 valence electrons. The molecule has 1 aromatic rings. The second-order valence-corrected chi connectivity index (χ2v) is 6.09. The summed E-state index contributed by atoms with van der Waals surface area (Å²) in [6.07, 6.45) is 4.43. The Bertz CT molecular complexity index is 639. The zero-order chi connectivity index (χ0) is 17.1. The second-order valence-electron chi connectivity index (χ2n) is 6.09. The summed E-state index contributed by atoms with van der Waals surface area (Å²) in [5.41, 5.74) is 0.864. The van der Waals surface area contributed by atoms with Crippen LogP contribution in [0.15, 0.2) is 36.4 Å². The SMILES string of the molecule is COC(=O)[C@@H]1[C@H](NC(=O)OCc2ccc(OC)cc2)[C@@H]2C=C[C@H]1C2. The number of carbonyl (C=O) groups excluding carboxylic acids is 2. The maximum atomic E-state index is 12.1. The number of hydrogen-bond acceptors (Lipinski definition) is 5. The minimum Gasteiger partial charge on any atom is -0.497 e. The fourth-order valence-corrected chi connectivity index (χ4v) is 3.52. The number of nitrogens with one attached hydrogen (secondary N) is 1. The maximum Gasteiger partial charge on any atom is 0.407 e. The van der Waals surface area contributed by atoms with E-state index in [9.17, 15) is 9.59 Å². The summed E-state index contributed by atoms with van der Waals surface area (Å²) < 4.78 is 15.2. The van der Waals surface area contributed by atoms with E-state index in [1.54, 1.807) is 7.11 Å². The fraction of sp³-hybridized carbons (Fsp3) is 0.444. The molecule has 0 aliphatic heterocycles. The van der Waals surface area contributed by atoms with E-state index >= 15 is 0 Å². The van der Waals surface area contributed by atoms with Crippen molar-refractivity contribution in [3.05, 3.63) is 42.0 Å². The highest BCUT2D eigenvalue weighted by molar-refractivity contribution is 5.77. The lowest BCUT2D eigenvalue weighted by Gasteiger charge is -2.26. The summed E-state index contributed by atoms with van der Waals surface area (Å²) >= 11 is 0. The lowest BCUT2D eigenvalue weighted by molar-refractivity contribution is -0.147. The van der Waals surface area contributed by atoms with Crippen molar-refractivity contribution >= 4 is 12.1 Å². The van der Waals surface area contributed by atoms with Gasteiger partial charge in [0.2, 0.25) is 0 Å². The number of methoxy groups -OCH3 is 2. The molecule has 0 saturated heterocycles. The summed E-state index contributed by atoms with van der Waals surface area (Å²) in [5.74, 6) is 0.422. The number of amides is 1. The van der Waals surface area contributed by atoms with Gasteiger partial charge in [0.15, 0.2) is 0 Å². The molecule has 2 aliphatic rings. The van der Waals surface area contributed by atoms with Crippen LogP contribution in [-0.4, -0.2) is 32.3 Å². The van der Waals surface area contributed by atoms with Crippen molar-refractivity contribution in [2.24, 2.45) is 17.8 Å².